The zero-order chi connectivity index (χ0) is 10.4. The van der Waals surface area contributed by atoms with Gasteiger partial charge in [-0.25, -0.2) is 4.79 Å². The molecule has 1 rings (SSSR count). The summed E-state index contributed by atoms with van der Waals surface area (Å²) in [7, 11) is 0. The predicted molar refractivity (Wildman–Crippen MR) is 48.9 cm³/mol. The maximum Gasteiger partial charge on any atom is 0.317 e. The topological polar surface area (TPSA) is 82.0 Å². The van der Waals surface area contributed by atoms with Crippen LogP contribution in [-0.4, -0.2) is 66.7 Å². The zero-order valence-electron chi connectivity index (χ0n) is 7.98. The third kappa shape index (κ3) is 3.13. The van der Waals surface area contributed by atoms with Crippen molar-refractivity contribution in [3.05, 3.63) is 0 Å². The van der Waals surface area contributed by atoms with Gasteiger partial charge in [0.25, 0.3) is 0 Å². The Labute approximate surface area is 82.5 Å². The summed E-state index contributed by atoms with van der Waals surface area (Å²) >= 11 is 0. The van der Waals surface area contributed by atoms with Gasteiger partial charge in [-0.2, -0.15) is 0 Å². The molecular formula is C8H16N2O4. The monoisotopic (exact) mass is 204 g/mol. The number of urea groups is 1. The standard InChI is InChI=1S/C8H16N2O4/c11-5-7(6-12)9-8(13)10-1-3-14-4-2-10/h7,11-12H,1-6H2,(H,9,13). The summed E-state index contributed by atoms with van der Waals surface area (Å²) < 4.78 is 5.09. The van der Waals surface area contributed by atoms with E-state index in [-0.39, 0.29) is 19.2 Å². The smallest absolute Gasteiger partial charge is 0.317 e. The fourth-order valence-electron chi connectivity index (χ4n) is 1.18. The van der Waals surface area contributed by atoms with Crippen LogP contribution in [0, 0.1) is 0 Å². The average molecular weight is 204 g/mol. The molecule has 1 aliphatic heterocycles. The van der Waals surface area contributed by atoms with Crippen LogP contribution in [0.2, 0.25) is 0 Å². The van der Waals surface area contributed by atoms with Crippen molar-refractivity contribution in [2.75, 3.05) is 39.5 Å². The third-order valence-corrected chi connectivity index (χ3v) is 2.07. The van der Waals surface area contributed by atoms with Crippen LogP contribution in [0.4, 0.5) is 4.79 Å². The highest BCUT2D eigenvalue weighted by atomic mass is 16.5. The SMILES string of the molecule is O=C(NC(CO)CO)N1CCOCC1. The molecule has 82 valence electrons. The van der Waals surface area contributed by atoms with Crippen LogP contribution >= 0.6 is 0 Å². The lowest BCUT2D eigenvalue weighted by atomic mass is 10.3. The first kappa shape index (κ1) is 11.2. The minimum absolute atomic E-state index is 0.257. The van der Waals surface area contributed by atoms with E-state index in [4.69, 9.17) is 14.9 Å². The normalized spacial score (nSPS) is 17.2. The van der Waals surface area contributed by atoms with Gasteiger partial charge < -0.3 is 25.2 Å². The largest absolute Gasteiger partial charge is 0.394 e. The van der Waals surface area contributed by atoms with Crippen LogP contribution < -0.4 is 5.32 Å². The molecule has 1 saturated heterocycles. The van der Waals surface area contributed by atoms with E-state index in [1.165, 1.54) is 0 Å². The van der Waals surface area contributed by atoms with Crippen molar-refractivity contribution >= 4 is 6.03 Å². The highest BCUT2D eigenvalue weighted by Crippen LogP contribution is 1.97. The molecule has 0 radical (unpaired) electrons. The summed E-state index contributed by atoms with van der Waals surface area (Å²) in [5.41, 5.74) is 0. The van der Waals surface area contributed by atoms with E-state index in [1.807, 2.05) is 0 Å². The number of aliphatic hydroxyl groups is 2. The number of nitrogens with zero attached hydrogens (tertiary/aromatic N) is 1. The Morgan fingerprint density at radius 1 is 1.36 bits per heavy atom. The van der Waals surface area contributed by atoms with Crippen LogP contribution in [-0.2, 0) is 4.74 Å². The van der Waals surface area contributed by atoms with Crippen molar-refractivity contribution in [2.45, 2.75) is 6.04 Å². The molecule has 2 amide bonds. The van der Waals surface area contributed by atoms with Gasteiger partial charge in [0.2, 0.25) is 0 Å². The fraction of sp³-hybridized carbons (Fsp3) is 0.875. The Morgan fingerprint density at radius 3 is 2.43 bits per heavy atom. The average Bonchev–Trinajstić information content (AvgIpc) is 2.26. The molecule has 0 aromatic carbocycles. The molecule has 1 fully saturated rings. The molecule has 0 unspecified atom stereocenters. The Hall–Kier alpha value is -0.850. The van der Waals surface area contributed by atoms with Crippen molar-refractivity contribution in [3.8, 4) is 0 Å². The lowest BCUT2D eigenvalue weighted by Gasteiger charge is -2.28. The van der Waals surface area contributed by atoms with Gasteiger partial charge in [-0.05, 0) is 0 Å². The number of rotatable bonds is 3. The van der Waals surface area contributed by atoms with Gasteiger partial charge in [0.15, 0.2) is 0 Å². The number of nitrogens with one attached hydrogen (secondary N) is 1. The molecule has 6 nitrogen and oxygen atoms in total. The first-order chi connectivity index (χ1) is 6.77. The summed E-state index contributed by atoms with van der Waals surface area (Å²) in [6.45, 7) is 1.66. The minimum atomic E-state index is -0.578. The van der Waals surface area contributed by atoms with Gasteiger partial charge in [0, 0.05) is 13.1 Å². The van der Waals surface area contributed by atoms with Crippen molar-refractivity contribution < 1.29 is 19.7 Å². The van der Waals surface area contributed by atoms with E-state index in [2.05, 4.69) is 5.32 Å². The molecule has 0 aromatic heterocycles. The van der Waals surface area contributed by atoms with Gasteiger partial charge in [-0.15, -0.1) is 0 Å². The Balaban J connectivity index is 2.32. The number of carbonyl (C=O) groups excluding carboxylic acids is 1. The maximum atomic E-state index is 11.5. The van der Waals surface area contributed by atoms with Crippen LogP contribution in [0.3, 0.4) is 0 Å². The predicted octanol–water partition coefficient (Wildman–Crippen LogP) is -1.62. The van der Waals surface area contributed by atoms with Crippen LogP contribution in [0.25, 0.3) is 0 Å². The van der Waals surface area contributed by atoms with Gasteiger partial charge in [-0.3, -0.25) is 0 Å². The Kier molecular flexibility index (Phi) is 4.64. The summed E-state index contributed by atoms with van der Waals surface area (Å²) in [4.78, 5) is 13.1. The number of carbonyl (C=O) groups is 1. The molecule has 0 aromatic rings. The van der Waals surface area contributed by atoms with Crippen molar-refractivity contribution in [1.82, 2.24) is 10.2 Å². The van der Waals surface area contributed by atoms with Crippen LogP contribution in [0.5, 0.6) is 0 Å². The number of morpholine rings is 1. The van der Waals surface area contributed by atoms with Crippen LogP contribution in [0.15, 0.2) is 0 Å². The van der Waals surface area contributed by atoms with Crippen LogP contribution in [0.1, 0.15) is 0 Å². The molecule has 0 bridgehead atoms. The molecule has 3 N–H and O–H groups in total. The molecule has 0 saturated carbocycles. The molecule has 0 aliphatic carbocycles. The molecule has 14 heavy (non-hydrogen) atoms. The molecule has 6 heteroatoms. The molecule has 0 atom stereocenters. The summed E-state index contributed by atoms with van der Waals surface area (Å²) in [6, 6.07) is -0.841. The second-order valence-corrected chi connectivity index (χ2v) is 3.11. The zero-order valence-corrected chi connectivity index (χ0v) is 7.98. The van der Waals surface area contributed by atoms with E-state index >= 15 is 0 Å². The second kappa shape index (κ2) is 5.79. The fourth-order valence-corrected chi connectivity index (χ4v) is 1.18. The number of ether oxygens (including phenoxy) is 1. The van der Waals surface area contributed by atoms with E-state index in [0.717, 1.165) is 0 Å². The molecule has 1 heterocycles. The molecule has 0 spiro atoms. The van der Waals surface area contributed by atoms with Crippen molar-refractivity contribution in [1.29, 1.82) is 0 Å². The maximum absolute atomic E-state index is 11.5. The first-order valence-corrected chi connectivity index (χ1v) is 4.63. The van der Waals surface area contributed by atoms with Gasteiger partial charge in [0.05, 0.1) is 32.5 Å². The summed E-state index contributed by atoms with van der Waals surface area (Å²) in [5, 5.41) is 20.0. The minimum Gasteiger partial charge on any atom is -0.394 e. The quantitative estimate of drug-likeness (QED) is 0.516. The Morgan fingerprint density at radius 2 is 1.93 bits per heavy atom. The van der Waals surface area contributed by atoms with E-state index in [0.29, 0.717) is 26.3 Å². The second-order valence-electron chi connectivity index (χ2n) is 3.11. The molecule has 1 aliphatic rings. The third-order valence-electron chi connectivity index (χ3n) is 2.07. The van der Waals surface area contributed by atoms with Gasteiger partial charge >= 0.3 is 6.03 Å². The highest BCUT2D eigenvalue weighted by molar-refractivity contribution is 5.74. The van der Waals surface area contributed by atoms with E-state index < -0.39 is 6.04 Å². The number of hydrogen-bond donors (Lipinski definition) is 3. The number of hydrogen-bond acceptors (Lipinski definition) is 4. The summed E-state index contributed by atoms with van der Waals surface area (Å²) in [5.74, 6) is 0. The van der Waals surface area contributed by atoms with E-state index in [1.54, 1.807) is 4.90 Å². The number of amides is 2. The van der Waals surface area contributed by atoms with E-state index in [9.17, 15) is 4.79 Å². The lowest BCUT2D eigenvalue weighted by molar-refractivity contribution is 0.0507. The van der Waals surface area contributed by atoms with Gasteiger partial charge in [-0.1, -0.05) is 0 Å². The highest BCUT2D eigenvalue weighted by Gasteiger charge is 2.18. The Bertz CT molecular complexity index is 178. The number of aliphatic hydroxyl groups excluding tert-OH is 2. The molecular weight excluding hydrogens is 188 g/mol. The van der Waals surface area contributed by atoms with Crippen molar-refractivity contribution in [2.24, 2.45) is 0 Å². The van der Waals surface area contributed by atoms with Crippen molar-refractivity contribution in [3.63, 3.8) is 0 Å². The summed E-state index contributed by atoms with van der Waals surface area (Å²) in [6.07, 6.45) is 0. The van der Waals surface area contributed by atoms with Gasteiger partial charge in [0.1, 0.15) is 0 Å². The lowest BCUT2D eigenvalue weighted by Crippen LogP contribution is -2.51. The first-order valence-electron chi connectivity index (χ1n) is 4.63.